The lowest BCUT2D eigenvalue weighted by Crippen LogP contribution is -2.81. The second-order valence-electron chi connectivity index (χ2n) is 12.0. The molecule has 0 saturated carbocycles. The molecule has 0 N–H and O–H groups in total. The van der Waals surface area contributed by atoms with Crippen LogP contribution in [0.25, 0.3) is 0 Å². The van der Waals surface area contributed by atoms with Gasteiger partial charge in [0.2, 0.25) is 5.78 Å². The molecule has 0 fully saturated rings. The molecule has 0 amide bonds. The van der Waals surface area contributed by atoms with Crippen LogP contribution in [0.15, 0.2) is 30.3 Å². The molecule has 5 rings (SSSR count). The van der Waals surface area contributed by atoms with E-state index in [2.05, 4.69) is 0 Å². The molecule has 320 valence electrons. The zero-order valence-electron chi connectivity index (χ0n) is 28.9. The Labute approximate surface area is 329 Å². The van der Waals surface area contributed by atoms with Crippen molar-refractivity contribution in [2.45, 2.75) is 0 Å². The summed E-state index contributed by atoms with van der Waals surface area (Å²) in [5, 5.41) is 17.2. The summed E-state index contributed by atoms with van der Waals surface area (Å²) >= 11 is 0. The van der Waals surface area contributed by atoms with Gasteiger partial charge in [-0.15, -0.1) is 21.9 Å². The minimum Gasteiger partial charge on any atom is -0.289 e. The van der Waals surface area contributed by atoms with E-state index in [-0.39, 0.29) is 17.3 Å². The third kappa shape index (κ3) is 7.82. The fourth-order valence-electron chi connectivity index (χ4n) is 6.10. The summed E-state index contributed by atoms with van der Waals surface area (Å²) in [4.78, 5) is 11.8. The van der Waals surface area contributed by atoms with E-state index in [1.165, 1.54) is 0 Å². The number of Topliss-reactive ketones (excluding diaryl/α,β-unsaturated/α-hetero) is 1. The molecular weight excluding hydrogens is 899 g/mol. The first-order valence-electron chi connectivity index (χ1n) is 15.7. The van der Waals surface area contributed by atoms with Gasteiger partial charge in [0.25, 0.3) is 0 Å². The van der Waals surface area contributed by atoms with Crippen LogP contribution in [0, 0.1) is 139 Å². The molecule has 0 spiro atoms. The van der Waals surface area contributed by atoms with Crippen LogP contribution in [0.5, 0.6) is 0 Å². The summed E-state index contributed by atoms with van der Waals surface area (Å²) < 4.78 is 294. The van der Waals surface area contributed by atoms with Gasteiger partial charge in [0.05, 0.1) is 0 Å². The van der Waals surface area contributed by atoms with Gasteiger partial charge in [0.15, 0.2) is 87.1 Å². The SMILES string of the molecule is Fc1c(F)c(F)c([B-](c2c(F)c(F)c(F)c(F)c2F)(c2c(F)c(F)c(F)c(F)c2F)c2c(F)c(F)c(F)c(F)c2F)c(F)c1F.N#CC[S+](CC#N)CC(=O)c1ccccc1. The zero-order valence-corrected chi connectivity index (χ0v) is 29.7. The summed E-state index contributed by atoms with van der Waals surface area (Å²) in [5.74, 6) is -70.5. The average molecular weight is 910 g/mol. The fourth-order valence-corrected chi connectivity index (χ4v) is 7.31. The number of nitriles is 2. The molecule has 0 heterocycles. The van der Waals surface area contributed by atoms with Gasteiger partial charge >= 0.3 is 0 Å². The van der Waals surface area contributed by atoms with E-state index in [0.29, 0.717) is 11.3 Å². The minimum absolute atomic E-state index is 0.00873. The monoisotopic (exact) mass is 910 g/mol. The summed E-state index contributed by atoms with van der Waals surface area (Å²) in [6.45, 7) is 0. The van der Waals surface area contributed by atoms with Gasteiger partial charge in [0, 0.05) is 16.5 Å². The lowest BCUT2D eigenvalue weighted by molar-refractivity contribution is 0.102. The Morgan fingerprint density at radius 2 is 0.607 bits per heavy atom. The summed E-state index contributed by atoms with van der Waals surface area (Å²) in [5.41, 5.74) is -13.7. The van der Waals surface area contributed by atoms with E-state index in [9.17, 15) is 57.5 Å². The second kappa shape index (κ2) is 18.2. The van der Waals surface area contributed by atoms with Crippen molar-refractivity contribution in [3.63, 3.8) is 0 Å². The minimum atomic E-state index is -7.22. The van der Waals surface area contributed by atoms with E-state index >= 15 is 35.1 Å². The summed E-state index contributed by atoms with van der Waals surface area (Å²) in [6, 6.07) is 13.0. The maximum absolute atomic E-state index is 15.4. The number of ketones is 1. The molecule has 0 aliphatic carbocycles. The van der Waals surface area contributed by atoms with Crippen molar-refractivity contribution in [3.05, 3.63) is 152 Å². The van der Waals surface area contributed by atoms with Crippen molar-refractivity contribution in [2.24, 2.45) is 0 Å². The van der Waals surface area contributed by atoms with Gasteiger partial charge in [-0.05, 0) is 0 Å². The van der Waals surface area contributed by atoms with Crippen LogP contribution < -0.4 is 21.9 Å². The van der Waals surface area contributed by atoms with Crippen molar-refractivity contribution in [3.8, 4) is 12.1 Å². The molecule has 25 heteroatoms. The molecule has 0 saturated heterocycles. The third-order valence-corrected chi connectivity index (χ3v) is 10.4. The van der Waals surface area contributed by atoms with Crippen LogP contribution in [-0.2, 0) is 10.9 Å². The molecule has 0 atom stereocenters. The largest absolute Gasteiger partial charge is 0.289 e. The zero-order chi connectivity index (χ0) is 46.2. The highest BCUT2D eigenvalue weighted by molar-refractivity contribution is 7.97. The van der Waals surface area contributed by atoms with Crippen LogP contribution in [0.4, 0.5) is 87.8 Å². The molecule has 0 unspecified atom stereocenters. The van der Waals surface area contributed by atoms with Gasteiger partial charge in [-0.1, -0.05) is 30.3 Å². The normalized spacial score (nSPS) is 11.3. The van der Waals surface area contributed by atoms with E-state index in [1.807, 2.05) is 18.2 Å². The molecule has 0 aromatic heterocycles. The van der Waals surface area contributed by atoms with Crippen molar-refractivity contribution in [1.29, 1.82) is 10.5 Å². The van der Waals surface area contributed by atoms with E-state index in [4.69, 9.17) is 10.5 Å². The van der Waals surface area contributed by atoms with Gasteiger partial charge in [0.1, 0.15) is 64.8 Å². The van der Waals surface area contributed by atoms with Crippen molar-refractivity contribution >= 4 is 44.7 Å². The number of hydrogen-bond acceptors (Lipinski definition) is 3. The van der Waals surface area contributed by atoms with Crippen molar-refractivity contribution in [1.82, 2.24) is 0 Å². The molecule has 0 aliphatic heterocycles. The highest BCUT2D eigenvalue weighted by Crippen LogP contribution is 2.30. The quantitative estimate of drug-likeness (QED) is 0.0388. The predicted molar refractivity (Wildman–Crippen MR) is 173 cm³/mol. The summed E-state index contributed by atoms with van der Waals surface area (Å²) in [7, 11) is -0.427. The third-order valence-electron chi connectivity index (χ3n) is 8.68. The van der Waals surface area contributed by atoms with Gasteiger partial charge in [-0.3, -0.25) is 4.79 Å². The maximum Gasteiger partial charge on any atom is 0.211 e. The van der Waals surface area contributed by atoms with Crippen LogP contribution >= 0.6 is 0 Å². The van der Waals surface area contributed by atoms with E-state index in [0.717, 1.165) is 0 Å². The van der Waals surface area contributed by atoms with Crippen molar-refractivity contribution < 1.29 is 92.6 Å². The van der Waals surface area contributed by atoms with Crippen LogP contribution in [0.2, 0.25) is 0 Å². The number of nitrogens with zero attached hydrogens (tertiary/aromatic N) is 2. The fraction of sp³-hybridized carbons (Fsp3) is 0.0833. The first-order valence-corrected chi connectivity index (χ1v) is 17.4. The average Bonchev–Trinajstić information content (AvgIpc) is 3.24. The number of carbonyl (C=O) groups excluding carboxylic acids is 1. The van der Waals surface area contributed by atoms with Crippen LogP contribution in [0.3, 0.4) is 0 Å². The molecular formula is C36H11BF20N2OS. The molecule has 0 radical (unpaired) electrons. The first-order chi connectivity index (χ1) is 28.5. The Hall–Kier alpha value is -6.24. The highest BCUT2D eigenvalue weighted by Gasteiger charge is 2.52. The molecule has 5 aromatic rings. The standard InChI is InChI=1S/C24BF20.C12H11N2OS/c26-5-1(6(27)14(35)21(42)13(5)34)25(2-7(28)15(36)22(43)16(37)8(2)29,3-9(30)17(38)23(44)18(39)10(3)31)4-11(32)19(40)24(45)20(41)12(4)33;13-6-8-16(9-7-14)10-12(15)11-4-2-1-3-5-11/h;1-5H,8-10H2/q-1;+1. The molecule has 0 aliphatic rings. The smallest absolute Gasteiger partial charge is 0.211 e. The molecule has 5 aromatic carbocycles. The first kappa shape index (κ1) is 47.4. The Morgan fingerprint density at radius 3 is 0.820 bits per heavy atom. The highest BCUT2D eigenvalue weighted by atomic mass is 32.2. The van der Waals surface area contributed by atoms with E-state index < -0.39 is 155 Å². The van der Waals surface area contributed by atoms with Gasteiger partial charge in [-0.25, -0.2) is 87.8 Å². The Kier molecular flexibility index (Phi) is 14.1. The Morgan fingerprint density at radius 1 is 0.393 bits per heavy atom. The van der Waals surface area contributed by atoms with Crippen LogP contribution in [0.1, 0.15) is 10.4 Å². The number of halogens is 20. The Balaban J connectivity index is 0.000000430. The van der Waals surface area contributed by atoms with E-state index in [1.54, 1.807) is 24.3 Å². The predicted octanol–water partition coefficient (Wildman–Crippen LogP) is 7.38. The molecule has 0 bridgehead atoms. The van der Waals surface area contributed by atoms with Crippen LogP contribution in [-0.4, -0.2) is 29.2 Å². The van der Waals surface area contributed by atoms with Crippen molar-refractivity contribution in [2.75, 3.05) is 17.3 Å². The maximum atomic E-state index is 15.4. The summed E-state index contributed by atoms with van der Waals surface area (Å²) in [6.07, 6.45) is -7.22. The number of benzene rings is 5. The molecule has 3 nitrogen and oxygen atoms in total. The number of rotatable bonds is 9. The lowest BCUT2D eigenvalue weighted by atomic mass is 9.12. The topological polar surface area (TPSA) is 64.7 Å². The van der Waals surface area contributed by atoms with Gasteiger partial charge < -0.3 is 0 Å². The number of hydrogen-bond donors (Lipinski definition) is 0. The van der Waals surface area contributed by atoms with Gasteiger partial charge in [-0.2, -0.15) is 10.5 Å². The lowest BCUT2D eigenvalue weighted by Gasteiger charge is -2.44. The number of carbonyl (C=O) groups is 1. The second-order valence-corrected chi connectivity index (χ2v) is 14.0. The Bertz CT molecular complexity index is 2290. The molecule has 61 heavy (non-hydrogen) atoms.